The first kappa shape index (κ1) is 15.2. The Morgan fingerprint density at radius 2 is 2.05 bits per heavy atom. The van der Waals surface area contributed by atoms with E-state index >= 15 is 0 Å². The van der Waals surface area contributed by atoms with Gasteiger partial charge in [0.25, 0.3) is 0 Å². The maximum atomic E-state index is 6.06. The molecular weight excluding hydrogens is 272 g/mol. The van der Waals surface area contributed by atoms with Crippen molar-refractivity contribution in [3.63, 3.8) is 0 Å². The maximum absolute atomic E-state index is 6.06. The van der Waals surface area contributed by atoms with Crippen LogP contribution in [0.3, 0.4) is 0 Å². The standard InChI is InChI=1S/C16H23ClN2O/c1-11(16(2,3)4)10-19-14-8-12(20-5)6-7-13(14)18-15(19)9-17/h6-8,11H,9-10H2,1-5H3. The minimum absolute atomic E-state index is 0.249. The zero-order valence-electron chi connectivity index (χ0n) is 12.9. The molecule has 0 saturated carbocycles. The van der Waals surface area contributed by atoms with Crippen LogP contribution in [-0.4, -0.2) is 16.7 Å². The predicted octanol–water partition coefficient (Wildman–Crippen LogP) is 4.47. The van der Waals surface area contributed by atoms with Crippen molar-refractivity contribution >= 4 is 22.6 Å². The van der Waals surface area contributed by atoms with E-state index in [1.165, 1.54) is 0 Å². The molecule has 1 atom stereocenters. The normalized spacial score (nSPS) is 13.7. The molecule has 0 spiro atoms. The number of hydrogen-bond donors (Lipinski definition) is 0. The van der Waals surface area contributed by atoms with Gasteiger partial charge in [-0.3, -0.25) is 0 Å². The van der Waals surface area contributed by atoms with Crippen LogP contribution in [0.2, 0.25) is 0 Å². The van der Waals surface area contributed by atoms with Crippen molar-refractivity contribution in [3.05, 3.63) is 24.0 Å². The number of benzene rings is 1. The highest BCUT2D eigenvalue weighted by Gasteiger charge is 2.22. The number of aromatic nitrogens is 2. The molecule has 1 unspecified atom stereocenters. The van der Waals surface area contributed by atoms with Gasteiger partial charge >= 0.3 is 0 Å². The second kappa shape index (κ2) is 5.65. The van der Waals surface area contributed by atoms with Crippen molar-refractivity contribution in [1.29, 1.82) is 0 Å². The number of nitrogens with zero attached hydrogens (tertiary/aromatic N) is 2. The number of alkyl halides is 1. The number of halogens is 1. The molecule has 0 saturated heterocycles. The molecule has 0 bridgehead atoms. The predicted molar refractivity (Wildman–Crippen MR) is 84.5 cm³/mol. The third kappa shape index (κ3) is 2.93. The monoisotopic (exact) mass is 294 g/mol. The molecule has 1 aromatic carbocycles. The van der Waals surface area contributed by atoms with Gasteiger partial charge in [0, 0.05) is 12.6 Å². The van der Waals surface area contributed by atoms with E-state index in [0.29, 0.717) is 11.8 Å². The fraction of sp³-hybridized carbons (Fsp3) is 0.562. The van der Waals surface area contributed by atoms with E-state index in [1.54, 1.807) is 7.11 Å². The summed E-state index contributed by atoms with van der Waals surface area (Å²) >= 11 is 6.06. The van der Waals surface area contributed by atoms with Crippen LogP contribution in [0.15, 0.2) is 18.2 Å². The van der Waals surface area contributed by atoms with Crippen LogP contribution in [0.4, 0.5) is 0 Å². The van der Waals surface area contributed by atoms with Gasteiger partial charge in [-0.25, -0.2) is 4.98 Å². The molecule has 20 heavy (non-hydrogen) atoms. The Labute approximate surface area is 125 Å². The molecule has 110 valence electrons. The van der Waals surface area contributed by atoms with Crippen LogP contribution >= 0.6 is 11.6 Å². The first-order valence-electron chi connectivity index (χ1n) is 6.96. The zero-order chi connectivity index (χ0) is 14.9. The molecule has 2 aromatic rings. The van der Waals surface area contributed by atoms with Crippen LogP contribution in [0.25, 0.3) is 11.0 Å². The van der Waals surface area contributed by atoms with E-state index < -0.39 is 0 Å². The topological polar surface area (TPSA) is 27.1 Å². The molecule has 4 heteroatoms. The second-order valence-corrected chi connectivity index (χ2v) is 6.66. The minimum atomic E-state index is 0.249. The maximum Gasteiger partial charge on any atom is 0.124 e. The fourth-order valence-corrected chi connectivity index (χ4v) is 2.34. The molecular formula is C16H23ClN2O. The first-order chi connectivity index (χ1) is 9.36. The van der Waals surface area contributed by atoms with Crippen LogP contribution in [0, 0.1) is 11.3 Å². The van der Waals surface area contributed by atoms with Crippen molar-refractivity contribution in [2.45, 2.75) is 40.1 Å². The van der Waals surface area contributed by atoms with Gasteiger partial charge < -0.3 is 9.30 Å². The zero-order valence-corrected chi connectivity index (χ0v) is 13.7. The van der Waals surface area contributed by atoms with Gasteiger partial charge in [-0.05, 0) is 23.5 Å². The number of ether oxygens (including phenoxy) is 1. The highest BCUT2D eigenvalue weighted by atomic mass is 35.5. The van der Waals surface area contributed by atoms with Gasteiger partial charge in [0.1, 0.15) is 11.6 Å². The van der Waals surface area contributed by atoms with Gasteiger partial charge in [-0.1, -0.05) is 27.7 Å². The number of rotatable bonds is 4. The minimum Gasteiger partial charge on any atom is -0.497 e. The van der Waals surface area contributed by atoms with Gasteiger partial charge in [-0.15, -0.1) is 11.6 Å². The first-order valence-corrected chi connectivity index (χ1v) is 7.49. The van der Waals surface area contributed by atoms with Gasteiger partial charge in [0.2, 0.25) is 0 Å². The third-order valence-corrected chi connectivity index (χ3v) is 4.33. The number of fused-ring (bicyclic) bond motifs is 1. The van der Waals surface area contributed by atoms with E-state index in [0.717, 1.165) is 29.2 Å². The molecule has 0 aliphatic rings. The van der Waals surface area contributed by atoms with Gasteiger partial charge in [0.15, 0.2) is 0 Å². The summed E-state index contributed by atoms with van der Waals surface area (Å²) in [6.07, 6.45) is 0. The molecule has 0 aliphatic heterocycles. The second-order valence-electron chi connectivity index (χ2n) is 6.39. The molecule has 1 heterocycles. The third-order valence-electron chi connectivity index (χ3n) is 4.09. The van der Waals surface area contributed by atoms with Crippen molar-refractivity contribution in [3.8, 4) is 5.75 Å². The Hall–Kier alpha value is -1.22. The summed E-state index contributed by atoms with van der Waals surface area (Å²) < 4.78 is 7.54. The molecule has 0 fully saturated rings. The number of imidazole rings is 1. The lowest BCUT2D eigenvalue weighted by Gasteiger charge is -2.28. The van der Waals surface area contributed by atoms with Crippen LogP contribution in [-0.2, 0) is 12.4 Å². The average molecular weight is 295 g/mol. The number of hydrogen-bond acceptors (Lipinski definition) is 2. The summed E-state index contributed by atoms with van der Waals surface area (Å²) in [5, 5.41) is 0. The van der Waals surface area contributed by atoms with Crippen molar-refractivity contribution in [2.75, 3.05) is 7.11 Å². The molecule has 0 radical (unpaired) electrons. The molecule has 3 nitrogen and oxygen atoms in total. The summed E-state index contributed by atoms with van der Waals surface area (Å²) in [5.41, 5.74) is 2.32. The van der Waals surface area contributed by atoms with E-state index in [4.69, 9.17) is 16.3 Å². The van der Waals surface area contributed by atoms with Gasteiger partial charge in [-0.2, -0.15) is 0 Å². The highest BCUT2D eigenvalue weighted by Crippen LogP contribution is 2.30. The smallest absolute Gasteiger partial charge is 0.124 e. The van der Waals surface area contributed by atoms with E-state index in [9.17, 15) is 0 Å². The van der Waals surface area contributed by atoms with E-state index in [-0.39, 0.29) is 5.41 Å². The summed E-state index contributed by atoms with van der Waals surface area (Å²) in [7, 11) is 1.68. The lowest BCUT2D eigenvalue weighted by molar-refractivity contribution is 0.233. The van der Waals surface area contributed by atoms with E-state index in [2.05, 4.69) is 37.2 Å². The van der Waals surface area contributed by atoms with Crippen molar-refractivity contribution in [1.82, 2.24) is 9.55 Å². The quantitative estimate of drug-likeness (QED) is 0.778. The Balaban J connectivity index is 2.48. The molecule has 1 aromatic heterocycles. The van der Waals surface area contributed by atoms with Crippen LogP contribution in [0.5, 0.6) is 5.75 Å². The lowest BCUT2D eigenvalue weighted by Crippen LogP contribution is -2.23. The Kier molecular flexibility index (Phi) is 4.28. The SMILES string of the molecule is COc1ccc2nc(CCl)n(CC(C)C(C)(C)C)c2c1. The Morgan fingerprint density at radius 3 is 2.60 bits per heavy atom. The molecule has 0 N–H and O–H groups in total. The molecule has 2 rings (SSSR count). The Bertz CT molecular complexity index is 598. The molecule has 0 aliphatic carbocycles. The highest BCUT2D eigenvalue weighted by molar-refractivity contribution is 6.16. The average Bonchev–Trinajstić information content (AvgIpc) is 2.75. The van der Waals surface area contributed by atoms with Crippen molar-refractivity contribution in [2.24, 2.45) is 11.3 Å². The van der Waals surface area contributed by atoms with Crippen LogP contribution in [0.1, 0.15) is 33.5 Å². The Morgan fingerprint density at radius 1 is 1.35 bits per heavy atom. The number of methoxy groups -OCH3 is 1. The van der Waals surface area contributed by atoms with Crippen LogP contribution < -0.4 is 4.74 Å². The van der Waals surface area contributed by atoms with E-state index in [1.807, 2.05) is 18.2 Å². The lowest BCUT2D eigenvalue weighted by atomic mass is 9.82. The van der Waals surface area contributed by atoms with Crippen molar-refractivity contribution < 1.29 is 4.74 Å². The van der Waals surface area contributed by atoms with Gasteiger partial charge in [0.05, 0.1) is 24.0 Å². The fourth-order valence-electron chi connectivity index (χ4n) is 2.13. The summed E-state index contributed by atoms with van der Waals surface area (Å²) in [4.78, 5) is 4.62. The summed E-state index contributed by atoms with van der Waals surface area (Å²) in [6.45, 7) is 9.96. The summed E-state index contributed by atoms with van der Waals surface area (Å²) in [6, 6.07) is 5.96. The largest absolute Gasteiger partial charge is 0.497 e. The summed E-state index contributed by atoms with van der Waals surface area (Å²) in [5.74, 6) is 2.72. The molecule has 0 amide bonds.